The Morgan fingerprint density at radius 1 is 0.489 bits per heavy atom. The average Bonchev–Trinajstić information content (AvgIpc) is 3.76. The Morgan fingerprint density at radius 3 is 2.11 bits per heavy atom. The summed E-state index contributed by atoms with van der Waals surface area (Å²) in [6.07, 6.45) is 0. The van der Waals surface area contributed by atoms with E-state index in [0.717, 1.165) is 27.7 Å². The summed E-state index contributed by atoms with van der Waals surface area (Å²) in [5.74, 6) is 0.689. The minimum atomic E-state index is 0.689. The molecule has 0 fully saturated rings. The molecule has 0 aliphatic rings. The maximum atomic E-state index is 5.41. The molecule has 3 nitrogen and oxygen atoms in total. The van der Waals surface area contributed by atoms with Crippen molar-refractivity contribution in [3.8, 4) is 28.3 Å². The quantitative estimate of drug-likeness (QED) is 0.199. The van der Waals surface area contributed by atoms with Gasteiger partial charge in [0.2, 0.25) is 5.95 Å². The van der Waals surface area contributed by atoms with E-state index in [2.05, 4.69) is 144 Å². The highest BCUT2D eigenvalue weighted by molar-refractivity contribution is 7.45. The van der Waals surface area contributed by atoms with Gasteiger partial charge in [0, 0.05) is 42.6 Å². The van der Waals surface area contributed by atoms with Gasteiger partial charge in [-0.15, -0.1) is 22.7 Å². The molecular formula is C40H23N3S2. The van der Waals surface area contributed by atoms with Gasteiger partial charge in [0.05, 0.1) is 31.0 Å². The van der Waals surface area contributed by atoms with E-state index >= 15 is 0 Å². The Bertz CT molecular complexity index is 2770. The summed E-state index contributed by atoms with van der Waals surface area (Å²) in [4.78, 5) is 10.6. The molecule has 0 atom stereocenters. The second-order valence-electron chi connectivity index (χ2n) is 11.4. The van der Waals surface area contributed by atoms with Crippen molar-refractivity contribution in [1.82, 2.24) is 14.5 Å². The van der Waals surface area contributed by atoms with Crippen LogP contribution in [0.25, 0.3) is 90.6 Å². The minimum absolute atomic E-state index is 0.689. The first kappa shape index (κ1) is 25.0. The number of hydrogen-bond donors (Lipinski definition) is 0. The topological polar surface area (TPSA) is 30.7 Å². The lowest BCUT2D eigenvalue weighted by Gasteiger charge is -2.13. The standard InChI is InChI=1S/C40H23N3S2/c1-2-11-24(12-3-1)25-13-10-14-26(23-25)36-29-16-4-7-18-32(29)41-40(42-36)43-33-19-8-5-15-27(33)28-21-22-31-35-30-17-6-9-20-34(30)44-39(35)45-38(31)37(28)43/h1-23H. The predicted octanol–water partition coefficient (Wildman–Crippen LogP) is 11.6. The molecule has 10 aromatic rings. The zero-order valence-electron chi connectivity index (χ0n) is 23.9. The molecule has 0 aliphatic carbocycles. The molecule has 0 saturated carbocycles. The van der Waals surface area contributed by atoms with Crippen molar-refractivity contribution < 1.29 is 0 Å². The molecule has 0 bridgehead atoms. The molecule has 4 aromatic heterocycles. The Morgan fingerprint density at radius 2 is 1.20 bits per heavy atom. The Labute approximate surface area is 266 Å². The summed E-state index contributed by atoms with van der Waals surface area (Å²) in [7, 11) is 0. The number of thiophene rings is 2. The number of rotatable bonds is 3. The van der Waals surface area contributed by atoms with Crippen molar-refractivity contribution in [3.05, 3.63) is 140 Å². The van der Waals surface area contributed by atoms with Crippen LogP contribution in [0.5, 0.6) is 0 Å². The van der Waals surface area contributed by atoms with Crippen LogP contribution >= 0.6 is 22.7 Å². The molecular weight excluding hydrogens is 587 g/mol. The second kappa shape index (κ2) is 9.57. The molecule has 0 radical (unpaired) electrons. The predicted molar refractivity (Wildman–Crippen MR) is 193 cm³/mol. The molecule has 10 rings (SSSR count). The van der Waals surface area contributed by atoms with Crippen molar-refractivity contribution in [2.75, 3.05) is 0 Å². The van der Waals surface area contributed by atoms with E-state index in [0.29, 0.717) is 5.95 Å². The number of fused-ring (bicyclic) bond motifs is 10. The van der Waals surface area contributed by atoms with E-state index in [-0.39, 0.29) is 0 Å². The van der Waals surface area contributed by atoms with Crippen LogP contribution in [0.15, 0.2) is 140 Å². The monoisotopic (exact) mass is 609 g/mol. The summed E-state index contributed by atoms with van der Waals surface area (Å²) in [5, 5.41) is 7.45. The molecule has 0 aliphatic heterocycles. The van der Waals surface area contributed by atoms with Gasteiger partial charge in [-0.05, 0) is 35.4 Å². The van der Waals surface area contributed by atoms with Crippen LogP contribution in [0.3, 0.4) is 0 Å². The van der Waals surface area contributed by atoms with Gasteiger partial charge in [0.1, 0.15) is 0 Å². The van der Waals surface area contributed by atoms with Gasteiger partial charge in [-0.3, -0.25) is 4.57 Å². The van der Waals surface area contributed by atoms with Crippen molar-refractivity contribution in [3.63, 3.8) is 0 Å². The molecule has 45 heavy (non-hydrogen) atoms. The van der Waals surface area contributed by atoms with Gasteiger partial charge in [0.25, 0.3) is 0 Å². The zero-order valence-corrected chi connectivity index (χ0v) is 25.6. The van der Waals surface area contributed by atoms with E-state index in [1.807, 2.05) is 22.7 Å². The molecule has 4 heterocycles. The van der Waals surface area contributed by atoms with E-state index in [4.69, 9.17) is 9.97 Å². The fourth-order valence-corrected chi connectivity index (χ4v) is 9.56. The van der Waals surface area contributed by atoms with Crippen LogP contribution in [-0.2, 0) is 0 Å². The Balaban J connectivity index is 1.30. The molecule has 0 spiro atoms. The average molecular weight is 610 g/mol. The van der Waals surface area contributed by atoms with E-state index < -0.39 is 0 Å². The number of hydrogen-bond acceptors (Lipinski definition) is 4. The number of para-hydroxylation sites is 2. The zero-order chi connectivity index (χ0) is 29.5. The normalized spacial score (nSPS) is 12.0. The summed E-state index contributed by atoms with van der Waals surface area (Å²) in [6, 6.07) is 49.6. The van der Waals surface area contributed by atoms with Gasteiger partial charge in [-0.1, -0.05) is 115 Å². The second-order valence-corrected chi connectivity index (χ2v) is 13.7. The van der Waals surface area contributed by atoms with Crippen LogP contribution in [0.1, 0.15) is 0 Å². The van der Waals surface area contributed by atoms with Gasteiger partial charge in [0.15, 0.2) is 0 Å². The molecule has 0 unspecified atom stereocenters. The third-order valence-electron chi connectivity index (χ3n) is 8.85. The molecule has 5 heteroatoms. The lowest BCUT2D eigenvalue weighted by molar-refractivity contribution is 1.02. The maximum Gasteiger partial charge on any atom is 0.235 e. The van der Waals surface area contributed by atoms with Crippen LogP contribution in [0.2, 0.25) is 0 Å². The molecule has 0 amide bonds. The minimum Gasteiger partial charge on any atom is -0.276 e. The van der Waals surface area contributed by atoms with Gasteiger partial charge in [-0.25, -0.2) is 9.97 Å². The first-order valence-electron chi connectivity index (χ1n) is 15.0. The Hall–Kier alpha value is -5.36. The SMILES string of the molecule is c1ccc(-c2cccc(-c3nc(-n4c5ccccc5c5ccc6c(sc7sc8ccccc8c76)c54)nc4ccccc34)c2)cc1. The Kier molecular flexibility index (Phi) is 5.32. The number of benzene rings is 6. The highest BCUT2D eigenvalue weighted by atomic mass is 32.2. The fraction of sp³-hybridized carbons (Fsp3) is 0. The van der Waals surface area contributed by atoms with Crippen molar-refractivity contribution in [2.24, 2.45) is 0 Å². The van der Waals surface area contributed by atoms with E-state index in [9.17, 15) is 0 Å². The van der Waals surface area contributed by atoms with Crippen LogP contribution in [0.4, 0.5) is 0 Å². The lowest BCUT2D eigenvalue weighted by atomic mass is 10.00. The summed E-state index contributed by atoms with van der Waals surface area (Å²) >= 11 is 3.77. The number of aromatic nitrogens is 3. The van der Waals surface area contributed by atoms with Gasteiger partial charge >= 0.3 is 0 Å². The third kappa shape index (κ3) is 3.69. The first-order valence-corrected chi connectivity index (χ1v) is 16.6. The van der Waals surface area contributed by atoms with Crippen molar-refractivity contribution in [1.29, 1.82) is 0 Å². The fourth-order valence-electron chi connectivity index (χ4n) is 6.84. The third-order valence-corrected chi connectivity index (χ3v) is 11.3. The highest BCUT2D eigenvalue weighted by Gasteiger charge is 2.22. The largest absolute Gasteiger partial charge is 0.276 e. The van der Waals surface area contributed by atoms with Crippen LogP contribution < -0.4 is 0 Å². The molecule has 0 saturated heterocycles. The van der Waals surface area contributed by atoms with Gasteiger partial charge in [-0.2, -0.15) is 0 Å². The molecule has 0 N–H and O–H groups in total. The van der Waals surface area contributed by atoms with Gasteiger partial charge < -0.3 is 0 Å². The van der Waals surface area contributed by atoms with Crippen LogP contribution in [-0.4, -0.2) is 14.5 Å². The van der Waals surface area contributed by atoms with Crippen molar-refractivity contribution >= 4 is 85.0 Å². The number of nitrogens with zero attached hydrogens (tertiary/aromatic N) is 3. The lowest BCUT2D eigenvalue weighted by Crippen LogP contribution is -2.03. The van der Waals surface area contributed by atoms with E-state index in [1.165, 1.54) is 57.0 Å². The highest BCUT2D eigenvalue weighted by Crippen LogP contribution is 2.48. The smallest absolute Gasteiger partial charge is 0.235 e. The molecule has 210 valence electrons. The summed E-state index contributed by atoms with van der Waals surface area (Å²) < 4.78 is 6.27. The van der Waals surface area contributed by atoms with E-state index in [1.54, 1.807) is 0 Å². The first-order chi connectivity index (χ1) is 22.3. The summed E-state index contributed by atoms with van der Waals surface area (Å²) in [5.41, 5.74) is 7.58. The maximum absolute atomic E-state index is 5.41. The summed E-state index contributed by atoms with van der Waals surface area (Å²) in [6.45, 7) is 0. The van der Waals surface area contributed by atoms with Crippen molar-refractivity contribution in [2.45, 2.75) is 0 Å². The molecule has 6 aromatic carbocycles. The van der Waals surface area contributed by atoms with Crippen LogP contribution in [0, 0.1) is 0 Å².